The summed E-state index contributed by atoms with van der Waals surface area (Å²) in [5.74, 6) is 1.63. The van der Waals surface area contributed by atoms with Crippen LogP contribution in [0.25, 0.3) is 0 Å². The predicted octanol–water partition coefficient (Wildman–Crippen LogP) is 3.76. The van der Waals surface area contributed by atoms with Crippen LogP contribution in [0.1, 0.15) is 40.1 Å². The molecule has 6 heteroatoms. The molecule has 1 aromatic carbocycles. The highest BCUT2D eigenvalue weighted by Gasteiger charge is 2.40. The quantitative estimate of drug-likeness (QED) is 0.751. The number of benzene rings is 1. The molecule has 0 bridgehead atoms. The van der Waals surface area contributed by atoms with Gasteiger partial charge in [0.05, 0.1) is 12.0 Å². The van der Waals surface area contributed by atoms with E-state index < -0.39 is 0 Å². The van der Waals surface area contributed by atoms with Crippen molar-refractivity contribution in [3.05, 3.63) is 51.7 Å². The molecule has 2 atom stereocenters. The van der Waals surface area contributed by atoms with E-state index >= 15 is 0 Å². The maximum atomic E-state index is 12.9. The van der Waals surface area contributed by atoms with Crippen molar-refractivity contribution in [3.8, 4) is 5.75 Å². The number of fused-ring (bicyclic) bond motifs is 1. The number of piperidine rings is 2. The van der Waals surface area contributed by atoms with Gasteiger partial charge in [-0.2, -0.15) is 0 Å². The van der Waals surface area contributed by atoms with Crippen LogP contribution < -0.4 is 4.74 Å². The van der Waals surface area contributed by atoms with Gasteiger partial charge >= 0.3 is 0 Å². The van der Waals surface area contributed by atoms with E-state index in [0.717, 1.165) is 55.1 Å². The van der Waals surface area contributed by atoms with Gasteiger partial charge in [0.25, 0.3) is 5.91 Å². The van der Waals surface area contributed by atoms with E-state index in [1.807, 2.05) is 35.4 Å². The highest BCUT2D eigenvalue weighted by atomic mass is 32.1. The van der Waals surface area contributed by atoms with Gasteiger partial charge in [-0.05, 0) is 66.8 Å². The molecule has 0 spiro atoms. The van der Waals surface area contributed by atoms with Crippen LogP contribution >= 0.6 is 11.3 Å². The summed E-state index contributed by atoms with van der Waals surface area (Å²) in [5, 5.41) is 1.98. The fourth-order valence-corrected chi connectivity index (χ4v) is 5.50. The monoisotopic (exact) mass is 412 g/mol. The highest BCUT2D eigenvalue weighted by molar-refractivity contribution is 7.12. The van der Waals surface area contributed by atoms with Crippen LogP contribution in [0.5, 0.6) is 5.75 Å². The minimum atomic E-state index is 0.151. The number of methoxy groups -OCH3 is 1. The molecular weight excluding hydrogens is 384 g/mol. The second-order valence-corrected chi connectivity index (χ2v) is 8.94. The molecule has 4 rings (SSSR count). The van der Waals surface area contributed by atoms with Crippen LogP contribution in [0.2, 0.25) is 0 Å². The average molecular weight is 413 g/mol. The van der Waals surface area contributed by atoms with Crippen LogP contribution in [0, 0.1) is 12.8 Å². The number of amides is 2. The van der Waals surface area contributed by atoms with Gasteiger partial charge < -0.3 is 14.5 Å². The van der Waals surface area contributed by atoms with E-state index in [2.05, 4.69) is 17.0 Å². The van der Waals surface area contributed by atoms with Crippen molar-refractivity contribution in [2.24, 2.45) is 5.92 Å². The number of ether oxygens (including phenoxy) is 1. The van der Waals surface area contributed by atoms with E-state index in [1.54, 1.807) is 7.11 Å². The van der Waals surface area contributed by atoms with E-state index in [1.165, 1.54) is 16.9 Å². The van der Waals surface area contributed by atoms with Crippen molar-refractivity contribution in [2.45, 2.75) is 38.6 Å². The second kappa shape index (κ2) is 8.57. The third-order valence-electron chi connectivity index (χ3n) is 6.29. The van der Waals surface area contributed by atoms with Gasteiger partial charge in [-0.3, -0.25) is 9.59 Å². The molecule has 0 N–H and O–H groups in total. The normalized spacial score (nSPS) is 21.8. The lowest BCUT2D eigenvalue weighted by atomic mass is 9.83. The number of carbonyl (C=O) groups is 2. The molecule has 1 aromatic heterocycles. The zero-order valence-corrected chi connectivity index (χ0v) is 17.9. The summed E-state index contributed by atoms with van der Waals surface area (Å²) in [4.78, 5) is 30.5. The Balaban J connectivity index is 1.40. The van der Waals surface area contributed by atoms with Crippen molar-refractivity contribution in [1.82, 2.24) is 9.80 Å². The molecule has 2 saturated heterocycles. The first-order chi connectivity index (χ1) is 14.1. The zero-order chi connectivity index (χ0) is 20.4. The average Bonchev–Trinajstić information content (AvgIpc) is 3.18. The molecule has 2 fully saturated rings. The number of likely N-dealkylation sites (tertiary alicyclic amines) is 2. The van der Waals surface area contributed by atoms with Gasteiger partial charge in [0.1, 0.15) is 5.75 Å². The van der Waals surface area contributed by atoms with Crippen LogP contribution in [-0.4, -0.2) is 54.4 Å². The largest absolute Gasteiger partial charge is 0.497 e. The molecule has 2 aromatic rings. The molecule has 5 nitrogen and oxygen atoms in total. The molecule has 29 heavy (non-hydrogen) atoms. The Morgan fingerprint density at radius 1 is 1.21 bits per heavy atom. The summed E-state index contributed by atoms with van der Waals surface area (Å²) >= 11 is 1.53. The van der Waals surface area contributed by atoms with Crippen LogP contribution in [0.15, 0.2) is 35.7 Å². The minimum absolute atomic E-state index is 0.151. The number of thiophene rings is 1. The van der Waals surface area contributed by atoms with Gasteiger partial charge in [-0.25, -0.2) is 0 Å². The third-order valence-corrected chi connectivity index (χ3v) is 7.29. The molecule has 0 radical (unpaired) electrons. The summed E-state index contributed by atoms with van der Waals surface area (Å²) in [5.41, 5.74) is 2.27. The fraction of sp³-hybridized carbons (Fsp3) is 0.478. The summed E-state index contributed by atoms with van der Waals surface area (Å²) in [6, 6.07) is 10.3. The minimum Gasteiger partial charge on any atom is -0.497 e. The zero-order valence-electron chi connectivity index (χ0n) is 17.1. The first-order valence-corrected chi connectivity index (χ1v) is 11.2. The molecular formula is C23H28N2O3S. The first kappa shape index (κ1) is 20.0. The molecule has 0 unspecified atom stereocenters. The van der Waals surface area contributed by atoms with Gasteiger partial charge in [0.15, 0.2) is 0 Å². The maximum absolute atomic E-state index is 12.9. The van der Waals surface area contributed by atoms with Crippen molar-refractivity contribution in [2.75, 3.05) is 26.7 Å². The first-order valence-electron chi connectivity index (χ1n) is 10.3. The van der Waals surface area contributed by atoms with Crippen LogP contribution in [0.4, 0.5) is 0 Å². The van der Waals surface area contributed by atoms with Crippen molar-refractivity contribution in [1.29, 1.82) is 0 Å². The van der Waals surface area contributed by atoms with E-state index in [4.69, 9.17) is 4.74 Å². The lowest BCUT2D eigenvalue weighted by Crippen LogP contribution is -2.57. The molecule has 3 heterocycles. The Morgan fingerprint density at radius 2 is 2.00 bits per heavy atom. The topological polar surface area (TPSA) is 49.9 Å². The van der Waals surface area contributed by atoms with Crippen molar-refractivity contribution in [3.63, 3.8) is 0 Å². The Morgan fingerprint density at radius 3 is 2.69 bits per heavy atom. The Kier molecular flexibility index (Phi) is 5.90. The summed E-state index contributed by atoms with van der Waals surface area (Å²) in [6.45, 7) is 4.22. The number of hydrogen-bond donors (Lipinski definition) is 0. The number of aryl methyl sites for hydroxylation is 1. The van der Waals surface area contributed by atoms with Crippen LogP contribution in [-0.2, 0) is 11.2 Å². The third kappa shape index (κ3) is 4.17. The standard InChI is InChI=1S/C23H28N2O3S/c1-16-11-14-29-22(16)23(27)24-12-10-20-18(15-24)5-8-21(26)25(20)13-9-17-3-6-19(28-2)7-4-17/h3-4,6-7,11,14,18,20H,5,8-10,12-13,15H2,1-2H3/t18-,20+/m1/s1. The molecule has 2 aliphatic rings. The maximum Gasteiger partial charge on any atom is 0.264 e. The molecule has 0 aliphatic carbocycles. The van der Waals surface area contributed by atoms with E-state index in [9.17, 15) is 9.59 Å². The summed E-state index contributed by atoms with van der Waals surface area (Å²) < 4.78 is 5.22. The molecule has 2 amide bonds. The summed E-state index contributed by atoms with van der Waals surface area (Å²) in [6.07, 6.45) is 3.19. The van der Waals surface area contributed by atoms with Gasteiger partial charge in [-0.1, -0.05) is 12.1 Å². The Labute approximate surface area is 176 Å². The van der Waals surface area contributed by atoms with Gasteiger partial charge in [-0.15, -0.1) is 11.3 Å². The summed E-state index contributed by atoms with van der Waals surface area (Å²) in [7, 11) is 1.67. The number of hydrogen-bond acceptors (Lipinski definition) is 4. The molecule has 154 valence electrons. The number of rotatable bonds is 5. The lowest BCUT2D eigenvalue weighted by Gasteiger charge is -2.47. The van der Waals surface area contributed by atoms with Crippen molar-refractivity contribution >= 4 is 23.2 Å². The lowest BCUT2D eigenvalue weighted by molar-refractivity contribution is -0.140. The van der Waals surface area contributed by atoms with Crippen LogP contribution in [0.3, 0.4) is 0 Å². The Bertz CT molecular complexity index is 877. The van der Waals surface area contributed by atoms with Gasteiger partial charge in [0.2, 0.25) is 5.91 Å². The number of nitrogens with zero attached hydrogens (tertiary/aromatic N) is 2. The van der Waals surface area contributed by atoms with E-state index in [-0.39, 0.29) is 17.9 Å². The second-order valence-electron chi connectivity index (χ2n) is 8.02. The smallest absolute Gasteiger partial charge is 0.264 e. The molecule has 2 aliphatic heterocycles. The highest BCUT2D eigenvalue weighted by Crippen LogP contribution is 2.32. The fourth-order valence-electron chi connectivity index (χ4n) is 4.60. The Hall–Kier alpha value is -2.34. The van der Waals surface area contributed by atoms with Gasteiger partial charge in [0, 0.05) is 32.1 Å². The number of carbonyl (C=O) groups excluding carboxylic acids is 2. The van der Waals surface area contributed by atoms with E-state index in [0.29, 0.717) is 12.3 Å². The van der Waals surface area contributed by atoms with Crippen molar-refractivity contribution < 1.29 is 14.3 Å². The SMILES string of the molecule is COc1ccc(CCN2C(=O)CC[C@@H]3CN(C(=O)c4sccc4C)CC[C@@H]32)cc1. The predicted molar refractivity (Wildman–Crippen MR) is 114 cm³/mol. The molecule has 0 saturated carbocycles.